The van der Waals surface area contributed by atoms with Crippen LogP contribution in [-0.2, 0) is 10.1 Å². The van der Waals surface area contributed by atoms with Gasteiger partial charge in [0.15, 0.2) is 0 Å². The summed E-state index contributed by atoms with van der Waals surface area (Å²) < 4.78 is 29.4. The van der Waals surface area contributed by atoms with Gasteiger partial charge in [-0.15, -0.1) is 0 Å². The van der Waals surface area contributed by atoms with E-state index in [0.717, 1.165) is 12.1 Å². The normalized spacial score (nSPS) is 10.5. The van der Waals surface area contributed by atoms with Crippen molar-refractivity contribution in [3.05, 3.63) is 18.2 Å². The zero-order valence-corrected chi connectivity index (χ0v) is 9.58. The van der Waals surface area contributed by atoms with Crippen LogP contribution in [0.1, 0.15) is 0 Å². The molecule has 0 aliphatic carbocycles. The summed E-state index contributed by atoms with van der Waals surface area (Å²) in [7, 11) is -4.63. The van der Waals surface area contributed by atoms with Crippen LogP contribution < -0.4 is 34.7 Å². The second kappa shape index (κ2) is 4.30. The SMILES string of the molecule is O=S(=O)(O)c1c([O-])cccc1O.[Na+]. The Morgan fingerprint density at radius 3 is 2.15 bits per heavy atom. The molecular formula is C6H5NaO5S. The smallest absolute Gasteiger partial charge is 0.871 e. The number of benzene rings is 1. The number of phenolic OH excluding ortho intramolecular Hbond substituents is 1. The van der Waals surface area contributed by atoms with Crippen LogP contribution in [0.25, 0.3) is 0 Å². The van der Waals surface area contributed by atoms with Gasteiger partial charge < -0.3 is 10.2 Å². The van der Waals surface area contributed by atoms with Crippen LogP contribution in [0.4, 0.5) is 0 Å². The molecule has 0 fully saturated rings. The first-order chi connectivity index (χ1) is 5.43. The van der Waals surface area contributed by atoms with Crippen molar-refractivity contribution in [3.8, 4) is 11.5 Å². The Kier molecular flexibility index (Phi) is 4.21. The first-order valence-electron chi connectivity index (χ1n) is 2.89. The Hall–Kier alpha value is -0.270. The Morgan fingerprint density at radius 1 is 1.31 bits per heavy atom. The Balaban J connectivity index is 0.00000144. The van der Waals surface area contributed by atoms with Crippen molar-refractivity contribution < 1.29 is 52.7 Å². The van der Waals surface area contributed by atoms with Crippen LogP contribution in [-0.4, -0.2) is 18.1 Å². The number of hydrogen-bond acceptors (Lipinski definition) is 4. The zero-order chi connectivity index (χ0) is 9.35. The first-order valence-corrected chi connectivity index (χ1v) is 4.33. The van der Waals surface area contributed by atoms with Crippen molar-refractivity contribution in [2.24, 2.45) is 0 Å². The molecule has 1 rings (SSSR count). The maximum Gasteiger partial charge on any atom is 1.00 e. The predicted molar refractivity (Wildman–Crippen MR) is 37.4 cm³/mol. The maximum absolute atomic E-state index is 10.8. The van der Waals surface area contributed by atoms with Crippen molar-refractivity contribution >= 4 is 10.1 Å². The van der Waals surface area contributed by atoms with E-state index in [4.69, 9.17) is 9.66 Å². The van der Waals surface area contributed by atoms with E-state index in [1.807, 2.05) is 0 Å². The molecule has 2 N–H and O–H groups in total. The minimum absolute atomic E-state index is 0. The van der Waals surface area contributed by atoms with E-state index in [-0.39, 0.29) is 29.6 Å². The second-order valence-electron chi connectivity index (χ2n) is 2.08. The molecule has 0 unspecified atom stereocenters. The molecule has 0 spiro atoms. The third-order valence-electron chi connectivity index (χ3n) is 1.22. The van der Waals surface area contributed by atoms with E-state index >= 15 is 0 Å². The predicted octanol–water partition coefficient (Wildman–Crippen LogP) is -3.28. The molecule has 5 nitrogen and oxygen atoms in total. The van der Waals surface area contributed by atoms with Crippen molar-refractivity contribution in [2.75, 3.05) is 0 Å². The topological polar surface area (TPSA) is 97.7 Å². The molecule has 0 heterocycles. The van der Waals surface area contributed by atoms with Crippen LogP contribution in [0, 0.1) is 0 Å². The van der Waals surface area contributed by atoms with E-state index in [9.17, 15) is 13.5 Å². The van der Waals surface area contributed by atoms with E-state index in [2.05, 4.69) is 0 Å². The van der Waals surface area contributed by atoms with Crippen molar-refractivity contribution in [3.63, 3.8) is 0 Å². The summed E-state index contributed by atoms with van der Waals surface area (Å²) in [4.78, 5) is -0.981. The van der Waals surface area contributed by atoms with Gasteiger partial charge >= 0.3 is 29.6 Å². The van der Waals surface area contributed by atoms with Gasteiger partial charge in [0.25, 0.3) is 10.1 Å². The molecule has 1 aromatic carbocycles. The summed E-state index contributed by atoms with van der Waals surface area (Å²) in [5.41, 5.74) is 0. The first kappa shape index (κ1) is 12.7. The molecule has 13 heavy (non-hydrogen) atoms. The van der Waals surface area contributed by atoms with E-state index < -0.39 is 26.5 Å². The van der Waals surface area contributed by atoms with Crippen LogP contribution in [0.2, 0.25) is 0 Å². The third-order valence-corrected chi connectivity index (χ3v) is 2.14. The van der Waals surface area contributed by atoms with Crippen molar-refractivity contribution in [1.29, 1.82) is 0 Å². The van der Waals surface area contributed by atoms with Crippen LogP contribution in [0.15, 0.2) is 23.1 Å². The van der Waals surface area contributed by atoms with E-state index in [0.29, 0.717) is 0 Å². The summed E-state index contributed by atoms with van der Waals surface area (Å²) in [6.07, 6.45) is 0. The minimum Gasteiger partial charge on any atom is -0.871 e. The number of aromatic hydroxyl groups is 1. The Bertz CT molecular complexity index is 379. The molecule has 0 saturated heterocycles. The van der Waals surface area contributed by atoms with Crippen LogP contribution in [0.5, 0.6) is 11.5 Å². The molecule has 0 radical (unpaired) electrons. The van der Waals surface area contributed by atoms with E-state index in [1.54, 1.807) is 0 Å². The molecule has 1 aromatic rings. The standard InChI is InChI=1S/C6H6O5S.Na/c7-4-2-1-3-5(8)6(4)12(9,10)11;/h1-3,7-8H,(H,9,10,11);/q;+1/p-1. The fourth-order valence-electron chi connectivity index (χ4n) is 0.764. The number of phenols is 1. The molecule has 66 valence electrons. The largest absolute Gasteiger partial charge is 1.00 e. The zero-order valence-electron chi connectivity index (χ0n) is 6.76. The van der Waals surface area contributed by atoms with Gasteiger partial charge in [-0.2, -0.15) is 8.42 Å². The van der Waals surface area contributed by atoms with Gasteiger partial charge in [0.1, 0.15) is 10.6 Å². The molecule has 0 atom stereocenters. The van der Waals surface area contributed by atoms with Gasteiger partial charge in [-0.1, -0.05) is 17.9 Å². The van der Waals surface area contributed by atoms with Gasteiger partial charge in [-0.05, 0) is 6.07 Å². The summed E-state index contributed by atoms with van der Waals surface area (Å²) in [6.45, 7) is 0. The Labute approximate surface area is 97.1 Å². The Morgan fingerprint density at radius 2 is 1.85 bits per heavy atom. The van der Waals surface area contributed by atoms with Gasteiger partial charge in [0.2, 0.25) is 0 Å². The van der Waals surface area contributed by atoms with Crippen molar-refractivity contribution in [2.45, 2.75) is 4.90 Å². The summed E-state index contributed by atoms with van der Waals surface area (Å²) in [6, 6.07) is 3.12. The quantitative estimate of drug-likeness (QED) is 0.375. The molecule has 0 aliphatic heterocycles. The summed E-state index contributed by atoms with van der Waals surface area (Å²) in [5.74, 6) is -1.68. The molecule has 0 aliphatic rings. The maximum atomic E-state index is 10.8. The number of rotatable bonds is 1. The van der Waals surface area contributed by atoms with Gasteiger partial charge in [0.05, 0.1) is 0 Å². The van der Waals surface area contributed by atoms with E-state index in [1.165, 1.54) is 6.07 Å². The average Bonchev–Trinajstić information content (AvgIpc) is 1.82. The fraction of sp³-hybridized carbons (Fsp3) is 0. The average molecular weight is 212 g/mol. The number of hydrogen-bond donors (Lipinski definition) is 2. The second-order valence-corrected chi connectivity index (χ2v) is 3.44. The molecule has 0 aromatic heterocycles. The molecule has 0 saturated carbocycles. The van der Waals surface area contributed by atoms with Crippen molar-refractivity contribution in [1.82, 2.24) is 0 Å². The van der Waals surface area contributed by atoms with Crippen LogP contribution in [0.3, 0.4) is 0 Å². The summed E-state index contributed by atoms with van der Waals surface area (Å²) in [5, 5.41) is 19.7. The monoisotopic (exact) mass is 212 g/mol. The molecule has 0 amide bonds. The molecular weight excluding hydrogens is 207 g/mol. The minimum atomic E-state index is -4.63. The molecule has 0 bridgehead atoms. The summed E-state index contributed by atoms with van der Waals surface area (Å²) >= 11 is 0. The van der Waals surface area contributed by atoms with Gasteiger partial charge in [-0.25, -0.2) is 0 Å². The van der Waals surface area contributed by atoms with Gasteiger partial charge in [0, 0.05) is 0 Å². The fourth-order valence-corrected chi connectivity index (χ4v) is 1.42. The molecule has 7 heteroatoms. The van der Waals surface area contributed by atoms with Gasteiger partial charge in [-0.3, -0.25) is 4.55 Å². The van der Waals surface area contributed by atoms with Crippen LogP contribution >= 0.6 is 0 Å². The third kappa shape index (κ3) is 2.85.